The first kappa shape index (κ1) is 23.9. The van der Waals surface area contributed by atoms with Gasteiger partial charge in [0.15, 0.2) is 0 Å². The number of rotatable bonds is 3. The second-order valence-corrected chi connectivity index (χ2v) is 5.90. The van der Waals surface area contributed by atoms with Gasteiger partial charge in [-0.05, 0) is 35.4 Å². The lowest BCUT2D eigenvalue weighted by Crippen LogP contribution is -2.10. The maximum atomic E-state index is 10.1. The summed E-state index contributed by atoms with van der Waals surface area (Å²) < 4.78 is 0. The molecule has 2 rings (SSSR count). The number of carbonyl (C=O) groups is 2. The molecular formula is C18H20Cl2O6. The number of benzene rings is 2. The van der Waals surface area contributed by atoms with E-state index < -0.39 is 24.1 Å². The van der Waals surface area contributed by atoms with Crippen molar-refractivity contribution in [2.45, 2.75) is 26.1 Å². The first-order chi connectivity index (χ1) is 12.0. The summed E-state index contributed by atoms with van der Waals surface area (Å²) in [5.41, 5.74) is 1.23. The zero-order chi connectivity index (χ0) is 20.3. The van der Waals surface area contributed by atoms with Gasteiger partial charge in [-0.3, -0.25) is 9.59 Å². The smallest absolute Gasteiger partial charge is 0.300 e. The highest BCUT2D eigenvalue weighted by Gasteiger charge is 2.19. The van der Waals surface area contributed by atoms with Gasteiger partial charge in [0.1, 0.15) is 12.2 Å². The topological polar surface area (TPSA) is 115 Å². The molecule has 0 saturated heterocycles. The fourth-order valence-electron chi connectivity index (χ4n) is 1.68. The minimum atomic E-state index is -0.997. The van der Waals surface area contributed by atoms with Gasteiger partial charge in [-0.1, -0.05) is 47.5 Å². The van der Waals surface area contributed by atoms with E-state index in [9.17, 15) is 10.2 Å². The summed E-state index contributed by atoms with van der Waals surface area (Å²) in [6, 6.07) is 13.4. The van der Waals surface area contributed by atoms with E-state index >= 15 is 0 Å². The molecule has 0 heterocycles. The zero-order valence-corrected chi connectivity index (χ0v) is 15.6. The van der Waals surface area contributed by atoms with E-state index in [0.29, 0.717) is 21.2 Å². The van der Waals surface area contributed by atoms with Gasteiger partial charge in [0.2, 0.25) is 0 Å². The van der Waals surface area contributed by atoms with Gasteiger partial charge in [-0.15, -0.1) is 0 Å². The van der Waals surface area contributed by atoms with E-state index in [1.165, 1.54) is 0 Å². The summed E-state index contributed by atoms with van der Waals surface area (Å²) in [6.07, 6.45) is -1.99. The third-order valence-corrected chi connectivity index (χ3v) is 3.23. The molecule has 0 aromatic heterocycles. The maximum absolute atomic E-state index is 10.1. The predicted molar refractivity (Wildman–Crippen MR) is 99.4 cm³/mol. The highest BCUT2D eigenvalue weighted by molar-refractivity contribution is 6.30. The molecule has 2 aromatic carbocycles. The van der Waals surface area contributed by atoms with Crippen LogP contribution in [0, 0.1) is 0 Å². The standard InChI is InChI=1S/C14H12Cl2O2.2C2H4O2/c15-11-5-1-9(2-6-11)13(17)14(18)10-3-7-12(16)8-4-10;2*1-2(3)4/h1-8,13-14,17-18H;2*1H3,(H,3,4). The second-order valence-electron chi connectivity index (χ2n) is 5.03. The molecule has 2 aromatic rings. The summed E-state index contributed by atoms with van der Waals surface area (Å²) in [6.45, 7) is 2.17. The van der Waals surface area contributed by atoms with Crippen molar-refractivity contribution in [1.82, 2.24) is 0 Å². The number of carboxylic acids is 2. The molecular weight excluding hydrogens is 383 g/mol. The van der Waals surface area contributed by atoms with Crippen molar-refractivity contribution in [3.05, 3.63) is 69.7 Å². The van der Waals surface area contributed by atoms with Crippen LogP contribution in [-0.4, -0.2) is 32.4 Å². The van der Waals surface area contributed by atoms with Gasteiger partial charge in [0.05, 0.1) is 0 Å². The lowest BCUT2D eigenvalue weighted by molar-refractivity contribution is -0.135. The number of aliphatic hydroxyl groups is 2. The highest BCUT2D eigenvalue weighted by atomic mass is 35.5. The highest BCUT2D eigenvalue weighted by Crippen LogP contribution is 2.29. The Morgan fingerprint density at radius 3 is 1.08 bits per heavy atom. The van der Waals surface area contributed by atoms with Crippen molar-refractivity contribution in [1.29, 1.82) is 0 Å². The Hall–Kier alpha value is -2.12. The fraction of sp³-hybridized carbons (Fsp3) is 0.222. The molecule has 0 amide bonds. The van der Waals surface area contributed by atoms with Crippen LogP contribution >= 0.6 is 23.2 Å². The molecule has 0 spiro atoms. The number of hydrogen-bond donors (Lipinski definition) is 4. The average Bonchev–Trinajstić information content (AvgIpc) is 2.54. The summed E-state index contributed by atoms with van der Waals surface area (Å²) in [5, 5.41) is 36.2. The first-order valence-electron chi connectivity index (χ1n) is 7.30. The van der Waals surface area contributed by atoms with Gasteiger partial charge < -0.3 is 20.4 Å². The van der Waals surface area contributed by atoms with E-state index in [2.05, 4.69) is 0 Å². The van der Waals surface area contributed by atoms with Gasteiger partial charge in [0.25, 0.3) is 11.9 Å². The number of hydrogen-bond acceptors (Lipinski definition) is 4. The number of carboxylic acid groups (broad SMARTS) is 2. The minimum Gasteiger partial charge on any atom is -0.481 e. The van der Waals surface area contributed by atoms with E-state index in [-0.39, 0.29) is 0 Å². The quantitative estimate of drug-likeness (QED) is 0.617. The Kier molecular flexibility index (Phi) is 11.3. The molecule has 0 bridgehead atoms. The number of halogens is 2. The van der Waals surface area contributed by atoms with E-state index in [1.807, 2.05) is 0 Å². The largest absolute Gasteiger partial charge is 0.481 e. The third-order valence-electron chi connectivity index (χ3n) is 2.72. The molecule has 0 fully saturated rings. The molecule has 8 heteroatoms. The molecule has 2 unspecified atom stereocenters. The molecule has 0 aliphatic carbocycles. The van der Waals surface area contributed by atoms with Crippen LogP contribution in [-0.2, 0) is 9.59 Å². The van der Waals surface area contributed by atoms with Crippen LogP contribution in [0.4, 0.5) is 0 Å². The van der Waals surface area contributed by atoms with E-state index in [4.69, 9.17) is 43.0 Å². The lowest BCUT2D eigenvalue weighted by atomic mass is 9.98. The molecule has 0 saturated carbocycles. The van der Waals surface area contributed by atoms with Crippen LogP contribution in [0.1, 0.15) is 37.2 Å². The van der Waals surface area contributed by atoms with Gasteiger partial charge >= 0.3 is 0 Å². The van der Waals surface area contributed by atoms with Crippen molar-refractivity contribution >= 4 is 35.1 Å². The zero-order valence-electron chi connectivity index (χ0n) is 14.1. The Morgan fingerprint density at radius 2 is 0.885 bits per heavy atom. The van der Waals surface area contributed by atoms with Crippen LogP contribution in [0.5, 0.6) is 0 Å². The Morgan fingerprint density at radius 1 is 0.692 bits per heavy atom. The monoisotopic (exact) mass is 402 g/mol. The summed E-state index contributed by atoms with van der Waals surface area (Å²) in [5.74, 6) is -1.67. The summed E-state index contributed by atoms with van der Waals surface area (Å²) in [4.78, 5) is 18.0. The SMILES string of the molecule is CC(=O)O.CC(=O)O.OC(c1ccc(Cl)cc1)C(O)c1ccc(Cl)cc1. The van der Waals surface area contributed by atoms with Gasteiger partial charge in [-0.25, -0.2) is 0 Å². The molecule has 0 aliphatic heterocycles. The second kappa shape index (κ2) is 12.3. The van der Waals surface area contributed by atoms with Crippen LogP contribution in [0.2, 0.25) is 10.0 Å². The predicted octanol–water partition coefficient (Wildman–Crippen LogP) is 3.94. The fourth-order valence-corrected chi connectivity index (χ4v) is 1.94. The van der Waals surface area contributed by atoms with E-state index in [1.54, 1.807) is 48.5 Å². The maximum Gasteiger partial charge on any atom is 0.300 e. The van der Waals surface area contributed by atoms with Crippen molar-refractivity contribution in [3.63, 3.8) is 0 Å². The third kappa shape index (κ3) is 10.7. The summed E-state index contributed by atoms with van der Waals surface area (Å²) >= 11 is 11.5. The number of aliphatic carboxylic acids is 2. The summed E-state index contributed by atoms with van der Waals surface area (Å²) in [7, 11) is 0. The van der Waals surface area contributed by atoms with E-state index in [0.717, 1.165) is 13.8 Å². The first-order valence-corrected chi connectivity index (χ1v) is 8.06. The van der Waals surface area contributed by atoms with Crippen LogP contribution in [0.3, 0.4) is 0 Å². The van der Waals surface area contributed by atoms with Gasteiger partial charge in [0, 0.05) is 23.9 Å². The minimum absolute atomic E-state index is 0.590. The lowest BCUT2D eigenvalue weighted by Gasteiger charge is -2.18. The molecule has 26 heavy (non-hydrogen) atoms. The molecule has 0 aliphatic rings. The van der Waals surface area contributed by atoms with Crippen LogP contribution in [0.15, 0.2) is 48.5 Å². The van der Waals surface area contributed by atoms with Gasteiger partial charge in [-0.2, -0.15) is 0 Å². The molecule has 142 valence electrons. The Bertz CT molecular complexity index is 616. The van der Waals surface area contributed by atoms with Crippen LogP contribution < -0.4 is 0 Å². The molecule has 4 N–H and O–H groups in total. The van der Waals surface area contributed by atoms with Crippen molar-refractivity contribution < 1.29 is 30.0 Å². The van der Waals surface area contributed by atoms with Crippen molar-refractivity contribution in [3.8, 4) is 0 Å². The van der Waals surface area contributed by atoms with Crippen LogP contribution in [0.25, 0.3) is 0 Å². The molecule has 0 radical (unpaired) electrons. The molecule has 2 atom stereocenters. The van der Waals surface area contributed by atoms with Crippen molar-refractivity contribution in [2.24, 2.45) is 0 Å². The normalized spacial score (nSPS) is 11.8. The van der Waals surface area contributed by atoms with Crippen molar-refractivity contribution in [2.75, 3.05) is 0 Å². The molecule has 6 nitrogen and oxygen atoms in total. The average molecular weight is 403 g/mol. The Labute approximate surface area is 161 Å². The Balaban J connectivity index is 0.000000662. The number of aliphatic hydroxyl groups excluding tert-OH is 2.